The standard InChI is InChI=1S/C12H17NO3S/c1-2-8-17(15,16)13-12(10-14)9-11-6-4-3-5-7-11/h2-7,12-14H,1,8-10H2/t12-/m0/s1. The van der Waals surface area contributed by atoms with E-state index in [2.05, 4.69) is 11.3 Å². The molecule has 1 atom stereocenters. The van der Waals surface area contributed by atoms with Crippen molar-refractivity contribution in [1.29, 1.82) is 0 Å². The molecule has 5 heteroatoms. The van der Waals surface area contributed by atoms with E-state index in [-0.39, 0.29) is 12.4 Å². The predicted octanol–water partition coefficient (Wildman–Crippen LogP) is 0.695. The monoisotopic (exact) mass is 255 g/mol. The van der Waals surface area contributed by atoms with Crippen LogP contribution in [0.4, 0.5) is 0 Å². The molecule has 0 aliphatic carbocycles. The van der Waals surface area contributed by atoms with Gasteiger partial charge in [0.1, 0.15) is 0 Å². The summed E-state index contributed by atoms with van der Waals surface area (Å²) in [5, 5.41) is 9.17. The Balaban J connectivity index is 2.64. The second-order valence-corrected chi connectivity index (χ2v) is 5.56. The highest BCUT2D eigenvalue weighted by molar-refractivity contribution is 7.89. The highest BCUT2D eigenvalue weighted by Gasteiger charge is 2.16. The van der Waals surface area contributed by atoms with Gasteiger partial charge in [0.25, 0.3) is 0 Å². The van der Waals surface area contributed by atoms with Gasteiger partial charge in [-0.1, -0.05) is 36.4 Å². The molecule has 0 heterocycles. The molecule has 0 aromatic heterocycles. The van der Waals surface area contributed by atoms with Crippen LogP contribution in [0.25, 0.3) is 0 Å². The fourth-order valence-electron chi connectivity index (χ4n) is 1.50. The van der Waals surface area contributed by atoms with Crippen LogP contribution in [0.3, 0.4) is 0 Å². The van der Waals surface area contributed by atoms with E-state index in [1.54, 1.807) is 0 Å². The van der Waals surface area contributed by atoms with Crippen molar-refractivity contribution in [2.24, 2.45) is 0 Å². The van der Waals surface area contributed by atoms with Crippen LogP contribution in [0.5, 0.6) is 0 Å². The van der Waals surface area contributed by atoms with Crippen molar-refractivity contribution >= 4 is 10.0 Å². The lowest BCUT2D eigenvalue weighted by atomic mass is 10.1. The van der Waals surface area contributed by atoms with Gasteiger partial charge in [-0.3, -0.25) is 0 Å². The van der Waals surface area contributed by atoms with Gasteiger partial charge < -0.3 is 5.11 Å². The van der Waals surface area contributed by atoms with E-state index >= 15 is 0 Å². The fraction of sp³-hybridized carbons (Fsp3) is 0.333. The first kappa shape index (κ1) is 13.9. The summed E-state index contributed by atoms with van der Waals surface area (Å²) in [5.41, 5.74) is 0.979. The average Bonchev–Trinajstić information content (AvgIpc) is 2.29. The minimum atomic E-state index is -3.39. The predicted molar refractivity (Wildman–Crippen MR) is 68.1 cm³/mol. The smallest absolute Gasteiger partial charge is 0.215 e. The summed E-state index contributed by atoms with van der Waals surface area (Å²) in [6, 6.07) is 8.93. The molecule has 4 nitrogen and oxygen atoms in total. The highest BCUT2D eigenvalue weighted by Crippen LogP contribution is 2.04. The number of aliphatic hydroxyl groups excluding tert-OH is 1. The van der Waals surface area contributed by atoms with Crippen molar-refractivity contribution in [3.8, 4) is 0 Å². The van der Waals surface area contributed by atoms with E-state index in [4.69, 9.17) is 5.11 Å². The molecule has 0 spiro atoms. The molecule has 0 saturated heterocycles. The number of nitrogens with one attached hydrogen (secondary N) is 1. The second-order valence-electron chi connectivity index (χ2n) is 3.76. The summed E-state index contributed by atoms with van der Waals surface area (Å²) in [4.78, 5) is 0. The SMILES string of the molecule is C=CCS(=O)(=O)N[C@H](CO)Cc1ccccc1. The molecule has 0 amide bonds. The van der Waals surface area contributed by atoms with E-state index in [1.807, 2.05) is 30.3 Å². The van der Waals surface area contributed by atoms with Crippen LogP contribution in [0.1, 0.15) is 5.56 Å². The molecule has 0 bridgehead atoms. The lowest BCUT2D eigenvalue weighted by Gasteiger charge is -2.15. The van der Waals surface area contributed by atoms with Crippen molar-refractivity contribution in [3.05, 3.63) is 48.6 Å². The van der Waals surface area contributed by atoms with E-state index < -0.39 is 16.1 Å². The average molecular weight is 255 g/mol. The van der Waals surface area contributed by atoms with Crippen molar-refractivity contribution in [1.82, 2.24) is 4.72 Å². The van der Waals surface area contributed by atoms with E-state index in [0.717, 1.165) is 5.56 Å². The normalized spacial score (nSPS) is 13.2. The molecule has 17 heavy (non-hydrogen) atoms. The third-order valence-electron chi connectivity index (χ3n) is 2.23. The molecule has 0 aliphatic heterocycles. The van der Waals surface area contributed by atoms with Crippen LogP contribution in [-0.4, -0.2) is 31.9 Å². The number of aliphatic hydroxyl groups is 1. The van der Waals surface area contributed by atoms with Crippen LogP contribution >= 0.6 is 0 Å². The second kappa shape index (κ2) is 6.54. The Kier molecular flexibility index (Phi) is 5.34. The van der Waals surface area contributed by atoms with Crippen LogP contribution < -0.4 is 4.72 Å². The van der Waals surface area contributed by atoms with Crippen molar-refractivity contribution in [2.75, 3.05) is 12.4 Å². The van der Waals surface area contributed by atoms with Gasteiger partial charge in [-0.2, -0.15) is 0 Å². The number of sulfonamides is 1. The van der Waals surface area contributed by atoms with Gasteiger partial charge in [0.05, 0.1) is 12.4 Å². The Morgan fingerprint density at radius 2 is 2.00 bits per heavy atom. The largest absolute Gasteiger partial charge is 0.395 e. The first-order valence-electron chi connectivity index (χ1n) is 5.33. The highest BCUT2D eigenvalue weighted by atomic mass is 32.2. The topological polar surface area (TPSA) is 66.4 Å². The lowest BCUT2D eigenvalue weighted by Crippen LogP contribution is -2.39. The number of hydrogen-bond donors (Lipinski definition) is 2. The maximum Gasteiger partial charge on any atom is 0.215 e. The summed E-state index contributed by atoms with van der Waals surface area (Å²) in [7, 11) is -3.39. The molecule has 1 aromatic carbocycles. The van der Waals surface area contributed by atoms with Gasteiger partial charge in [-0.25, -0.2) is 13.1 Å². The molecular weight excluding hydrogens is 238 g/mol. The summed E-state index contributed by atoms with van der Waals surface area (Å²) in [6.45, 7) is 3.15. The fourth-order valence-corrected chi connectivity index (χ4v) is 2.57. The summed E-state index contributed by atoms with van der Waals surface area (Å²) < 4.78 is 25.4. The Morgan fingerprint density at radius 1 is 1.35 bits per heavy atom. The molecule has 1 aromatic rings. The molecular formula is C12H17NO3S. The zero-order chi connectivity index (χ0) is 12.7. The number of hydrogen-bond acceptors (Lipinski definition) is 3. The third-order valence-corrected chi connectivity index (χ3v) is 3.60. The minimum Gasteiger partial charge on any atom is -0.395 e. The number of rotatable bonds is 7. The molecule has 0 saturated carbocycles. The van der Waals surface area contributed by atoms with Crippen LogP contribution in [0.2, 0.25) is 0 Å². The third kappa shape index (κ3) is 5.12. The van der Waals surface area contributed by atoms with E-state index in [0.29, 0.717) is 6.42 Å². The Bertz CT molecular complexity index is 442. The van der Waals surface area contributed by atoms with Crippen molar-refractivity contribution in [2.45, 2.75) is 12.5 Å². The van der Waals surface area contributed by atoms with Gasteiger partial charge in [-0.15, -0.1) is 6.58 Å². The molecule has 0 unspecified atom stereocenters. The lowest BCUT2D eigenvalue weighted by molar-refractivity contribution is 0.256. The van der Waals surface area contributed by atoms with Gasteiger partial charge >= 0.3 is 0 Å². The maximum absolute atomic E-state index is 11.5. The van der Waals surface area contributed by atoms with Gasteiger partial charge in [0.15, 0.2) is 0 Å². The van der Waals surface area contributed by atoms with E-state index in [1.165, 1.54) is 6.08 Å². The van der Waals surface area contributed by atoms with Gasteiger partial charge in [-0.05, 0) is 12.0 Å². The zero-order valence-electron chi connectivity index (χ0n) is 9.54. The molecule has 1 rings (SSSR count). The summed E-state index contributed by atoms with van der Waals surface area (Å²) in [6.07, 6.45) is 1.78. The van der Waals surface area contributed by atoms with Crippen LogP contribution in [-0.2, 0) is 16.4 Å². The Hall–Kier alpha value is -1.17. The first-order chi connectivity index (χ1) is 8.07. The summed E-state index contributed by atoms with van der Waals surface area (Å²) >= 11 is 0. The number of benzene rings is 1. The quantitative estimate of drug-likeness (QED) is 0.705. The Morgan fingerprint density at radius 3 is 2.53 bits per heavy atom. The Labute approximate surface area is 102 Å². The van der Waals surface area contributed by atoms with Crippen LogP contribution in [0.15, 0.2) is 43.0 Å². The van der Waals surface area contributed by atoms with Crippen molar-refractivity contribution < 1.29 is 13.5 Å². The minimum absolute atomic E-state index is 0.141. The van der Waals surface area contributed by atoms with Crippen molar-refractivity contribution in [3.63, 3.8) is 0 Å². The van der Waals surface area contributed by atoms with Gasteiger partial charge in [0.2, 0.25) is 10.0 Å². The zero-order valence-corrected chi connectivity index (χ0v) is 10.4. The molecule has 2 N–H and O–H groups in total. The van der Waals surface area contributed by atoms with Gasteiger partial charge in [0, 0.05) is 6.04 Å². The van der Waals surface area contributed by atoms with E-state index in [9.17, 15) is 8.42 Å². The first-order valence-corrected chi connectivity index (χ1v) is 6.98. The molecule has 0 fully saturated rings. The molecule has 94 valence electrons. The summed E-state index contributed by atoms with van der Waals surface area (Å²) in [5.74, 6) is -0.141. The van der Waals surface area contributed by atoms with Crippen LogP contribution in [0, 0.1) is 0 Å². The molecule has 0 radical (unpaired) electrons. The maximum atomic E-state index is 11.5. The molecule has 0 aliphatic rings.